The van der Waals surface area contributed by atoms with Crippen molar-refractivity contribution in [1.82, 2.24) is 0 Å². The molecule has 4 amide bonds. The van der Waals surface area contributed by atoms with Gasteiger partial charge in [0, 0.05) is 21.5 Å². The van der Waals surface area contributed by atoms with Gasteiger partial charge in [-0.3, -0.25) is 28.9 Å². The van der Waals surface area contributed by atoms with Crippen LogP contribution in [-0.4, -0.2) is 41.6 Å². The van der Waals surface area contributed by atoms with Crippen LogP contribution in [0.4, 0.5) is 15.8 Å². The number of benzene rings is 3. The lowest BCUT2D eigenvalue weighted by Gasteiger charge is -2.49. The van der Waals surface area contributed by atoms with Crippen LogP contribution in [0, 0.1) is 34.9 Å². The Hall–Kier alpha value is -4.35. The maximum Gasteiger partial charge on any atom is 0.241 e. The summed E-state index contributed by atoms with van der Waals surface area (Å²) in [5.41, 5.74) is 0.407. The number of phenols is 1. The Morgan fingerprint density at radius 1 is 0.979 bits per heavy atom. The second kappa shape index (κ2) is 11.4. The maximum absolute atomic E-state index is 14.6. The molecule has 2 aliphatic heterocycles. The molecular formula is C36H29BrClFN2O7. The molecule has 4 aliphatic rings. The van der Waals surface area contributed by atoms with Gasteiger partial charge in [0.25, 0.3) is 0 Å². The largest absolute Gasteiger partial charge is 0.504 e. The van der Waals surface area contributed by atoms with Crippen LogP contribution in [-0.2, 0) is 19.2 Å². The molecule has 6 atom stereocenters. The lowest BCUT2D eigenvalue weighted by molar-refractivity contribution is -0.131. The van der Waals surface area contributed by atoms with Crippen molar-refractivity contribution in [2.75, 3.05) is 16.9 Å². The van der Waals surface area contributed by atoms with E-state index in [4.69, 9.17) is 16.3 Å². The fourth-order valence-corrected chi connectivity index (χ4v) is 8.93. The zero-order valence-corrected chi connectivity index (χ0v) is 28.3. The number of carbonyl (C=O) groups excluding carboxylic acids is 5. The molecular weight excluding hydrogens is 707 g/mol. The Morgan fingerprint density at radius 3 is 2.31 bits per heavy atom. The summed E-state index contributed by atoms with van der Waals surface area (Å²) in [6.07, 6.45) is 2.15. The van der Waals surface area contributed by atoms with Crippen LogP contribution < -0.4 is 14.5 Å². The van der Waals surface area contributed by atoms with Crippen LogP contribution in [0.15, 0.2) is 70.7 Å². The van der Waals surface area contributed by atoms with Crippen LogP contribution >= 0.6 is 27.5 Å². The van der Waals surface area contributed by atoms with E-state index >= 15 is 0 Å². The number of nitrogens with zero attached hydrogens (tertiary/aromatic N) is 2. The lowest BCUT2D eigenvalue weighted by atomic mass is 9.51. The molecule has 7 rings (SSSR count). The van der Waals surface area contributed by atoms with Crippen molar-refractivity contribution in [3.05, 3.63) is 92.7 Å². The van der Waals surface area contributed by atoms with E-state index < -0.39 is 58.5 Å². The number of Topliss-reactive ketones (excluding diaryl/α,β-unsaturated/α-hetero) is 1. The lowest BCUT2D eigenvalue weighted by Crippen LogP contribution is -2.49. The molecule has 0 radical (unpaired) electrons. The predicted molar refractivity (Wildman–Crippen MR) is 177 cm³/mol. The normalized spacial score (nSPS) is 27.9. The fraction of sp³-hybridized carbons (Fsp3) is 0.306. The van der Waals surface area contributed by atoms with E-state index in [1.165, 1.54) is 26.2 Å². The molecule has 0 spiro atoms. The Labute approximate surface area is 288 Å². The van der Waals surface area contributed by atoms with E-state index in [9.17, 15) is 33.5 Å². The molecule has 3 aromatic rings. The zero-order valence-electron chi connectivity index (χ0n) is 26.0. The molecule has 246 valence electrons. The first-order valence-electron chi connectivity index (χ1n) is 15.4. The van der Waals surface area contributed by atoms with Gasteiger partial charge in [-0.2, -0.15) is 0 Å². The Kier molecular flexibility index (Phi) is 7.63. The number of imide groups is 2. The number of fused-ring (bicyclic) bond motifs is 4. The summed E-state index contributed by atoms with van der Waals surface area (Å²) in [4.78, 5) is 71.1. The van der Waals surface area contributed by atoms with Gasteiger partial charge in [-0.05, 0) is 87.2 Å². The molecule has 3 aromatic carbocycles. The van der Waals surface area contributed by atoms with Crippen molar-refractivity contribution in [2.24, 2.45) is 29.1 Å². The fourth-order valence-electron chi connectivity index (χ4n) is 8.30. The molecule has 2 heterocycles. The van der Waals surface area contributed by atoms with E-state index in [-0.39, 0.29) is 46.7 Å². The van der Waals surface area contributed by atoms with Crippen molar-refractivity contribution in [3.63, 3.8) is 0 Å². The third kappa shape index (κ3) is 4.50. The number of hydrogen-bond acceptors (Lipinski definition) is 7. The van der Waals surface area contributed by atoms with E-state index in [0.29, 0.717) is 26.9 Å². The number of aromatic hydroxyl groups is 1. The highest BCUT2D eigenvalue weighted by Gasteiger charge is 2.68. The number of hydrogen-bond donors (Lipinski definition) is 1. The van der Waals surface area contributed by atoms with Crippen molar-refractivity contribution >= 4 is 68.3 Å². The van der Waals surface area contributed by atoms with Crippen LogP contribution in [0.3, 0.4) is 0 Å². The minimum Gasteiger partial charge on any atom is -0.504 e. The number of methoxy groups -OCH3 is 1. The van der Waals surface area contributed by atoms with Gasteiger partial charge in [-0.15, -0.1) is 0 Å². The Bertz CT molecular complexity index is 2000. The number of allylic oxidation sites excluding steroid dienone is 2. The summed E-state index contributed by atoms with van der Waals surface area (Å²) in [5, 5.41) is 11.3. The highest BCUT2D eigenvalue weighted by Crippen LogP contribution is 2.65. The Morgan fingerprint density at radius 2 is 1.67 bits per heavy atom. The van der Waals surface area contributed by atoms with Crippen molar-refractivity contribution in [1.29, 1.82) is 0 Å². The summed E-state index contributed by atoms with van der Waals surface area (Å²) in [6.45, 7) is 3.10. The second-order valence-corrected chi connectivity index (χ2v) is 14.2. The number of amides is 4. The molecule has 0 bridgehead atoms. The molecule has 2 saturated heterocycles. The smallest absolute Gasteiger partial charge is 0.241 e. The van der Waals surface area contributed by atoms with Crippen LogP contribution in [0.5, 0.6) is 11.5 Å². The molecule has 3 fully saturated rings. The summed E-state index contributed by atoms with van der Waals surface area (Å²) in [5.74, 6) is -6.95. The number of ketones is 1. The first-order valence-corrected chi connectivity index (χ1v) is 16.5. The number of halogens is 3. The SMILES string of the molecule is COc1cc(Br)cc(C2C3=CCC4C(=O)N(c5ccc(C(C)=O)cc5)C(=O)C4C3CC3C(=O)N(c4ccc(F)c(Cl)c4)C(=O)C32C)c1O. The van der Waals surface area contributed by atoms with E-state index in [2.05, 4.69) is 15.9 Å². The van der Waals surface area contributed by atoms with Gasteiger partial charge in [0.2, 0.25) is 23.6 Å². The standard InChI is InChI=1S/C36H29BrClFN2O7/c1-16(42)17-4-6-19(7-5-17)40-32(44)22-10-9-21-23(29(22)34(40)46)15-25-33(45)41(20-8-11-27(39)26(38)14-20)35(47)36(25,2)30(21)24-12-18(37)13-28(48-3)31(24)43/h4-9,11-14,22-23,25,29-30,43H,10,15H2,1-3H3. The summed E-state index contributed by atoms with van der Waals surface area (Å²) in [6, 6.07) is 13.1. The number of rotatable bonds is 5. The minimum absolute atomic E-state index is 0.0814. The molecule has 1 N–H and O–H groups in total. The number of carbonyl (C=O) groups is 5. The zero-order chi connectivity index (χ0) is 34.4. The van der Waals surface area contributed by atoms with Gasteiger partial charge in [0.15, 0.2) is 17.3 Å². The van der Waals surface area contributed by atoms with Gasteiger partial charge < -0.3 is 9.84 Å². The quantitative estimate of drug-likeness (QED) is 0.178. The van der Waals surface area contributed by atoms with Gasteiger partial charge in [-0.1, -0.05) is 39.2 Å². The van der Waals surface area contributed by atoms with E-state index in [0.717, 1.165) is 15.9 Å². The topological polar surface area (TPSA) is 121 Å². The van der Waals surface area contributed by atoms with E-state index in [1.807, 2.05) is 6.08 Å². The van der Waals surface area contributed by atoms with Crippen LogP contribution in [0.2, 0.25) is 5.02 Å². The molecule has 0 aromatic heterocycles. The predicted octanol–water partition coefficient (Wildman–Crippen LogP) is 6.59. The maximum atomic E-state index is 14.6. The first-order chi connectivity index (χ1) is 22.8. The third-order valence-electron chi connectivity index (χ3n) is 10.6. The Balaban J connectivity index is 1.38. The summed E-state index contributed by atoms with van der Waals surface area (Å²) < 4.78 is 20.1. The van der Waals surface area contributed by atoms with Crippen LogP contribution in [0.25, 0.3) is 0 Å². The molecule has 2 aliphatic carbocycles. The van der Waals surface area contributed by atoms with Crippen molar-refractivity contribution in [2.45, 2.75) is 32.6 Å². The number of ether oxygens (including phenoxy) is 1. The highest BCUT2D eigenvalue weighted by atomic mass is 79.9. The van der Waals surface area contributed by atoms with Crippen molar-refractivity contribution < 1.29 is 38.2 Å². The molecule has 6 unspecified atom stereocenters. The van der Waals surface area contributed by atoms with Gasteiger partial charge in [0.05, 0.1) is 46.7 Å². The average molecular weight is 736 g/mol. The van der Waals surface area contributed by atoms with Crippen molar-refractivity contribution in [3.8, 4) is 11.5 Å². The number of anilines is 2. The van der Waals surface area contributed by atoms with Crippen LogP contribution in [0.1, 0.15) is 48.5 Å². The van der Waals surface area contributed by atoms with Gasteiger partial charge in [0.1, 0.15) is 5.82 Å². The molecule has 9 nitrogen and oxygen atoms in total. The highest BCUT2D eigenvalue weighted by molar-refractivity contribution is 9.10. The second-order valence-electron chi connectivity index (χ2n) is 12.9. The molecule has 12 heteroatoms. The minimum atomic E-state index is -1.45. The first kappa shape index (κ1) is 32.2. The monoisotopic (exact) mass is 734 g/mol. The molecule has 48 heavy (non-hydrogen) atoms. The van der Waals surface area contributed by atoms with Gasteiger partial charge >= 0.3 is 0 Å². The summed E-state index contributed by atoms with van der Waals surface area (Å²) in [7, 11) is 1.40. The summed E-state index contributed by atoms with van der Waals surface area (Å²) >= 11 is 9.56. The third-order valence-corrected chi connectivity index (χ3v) is 11.3. The van der Waals surface area contributed by atoms with Gasteiger partial charge in [-0.25, -0.2) is 9.29 Å². The number of phenolic OH excluding ortho intramolecular Hbond substituents is 1. The average Bonchev–Trinajstić information content (AvgIpc) is 3.43. The van der Waals surface area contributed by atoms with E-state index in [1.54, 1.807) is 43.3 Å². The molecule has 1 saturated carbocycles.